The lowest BCUT2D eigenvalue weighted by molar-refractivity contribution is -0.227. The number of rotatable bonds is 10. The SMILES string of the molecule is CC(=O)[C@@]12ON(c3ccc(Cl)cc3)C[C@@H]1C[C@H]1[C@@H]3C[C@H](F)C4=CC(=O)C=C[C@]4(C)[C@@]3(F)[C@@H](O)C[C@@]12C.C[C@]12C=CC(=O)C=C1[C@@H](F)C[C@H]1[C@@H]3C[C@H]4CN(c5ccc(Cl)cc5)O[C@@]4(C(=O)CBr)[C@@]3(C)C[C@H](O)[C@@]12F.C[C@]12C=CC(=O)C=C1[C@@H](F)C[C@H]1[C@@H]3C[C@H]4CN(c5ccc(Cl)cc5)O[C@@]4(C(=O)CCS(C)(=O)=O)[C@@]3(C)C[C@H](O)[C@@]12F. The van der Waals surface area contributed by atoms with Crippen molar-refractivity contribution in [3.63, 3.8) is 0 Å². The van der Waals surface area contributed by atoms with Crippen LogP contribution in [0.5, 0.6) is 0 Å². The van der Waals surface area contributed by atoms with Gasteiger partial charge in [0.1, 0.15) is 28.4 Å². The Hall–Kier alpha value is -5.84. The van der Waals surface area contributed by atoms with E-state index in [1.165, 1.54) is 62.5 Å². The number of nitrogens with zero attached hydrogens (tertiary/aromatic N) is 3. The first-order chi connectivity index (χ1) is 53.4. The maximum Gasteiger partial charge on any atom is 0.178 e. The number of hydrogen-bond acceptors (Lipinski definition) is 17. The number of carbonyl (C=O) groups excluding carboxylic acids is 6. The summed E-state index contributed by atoms with van der Waals surface area (Å²) >= 11 is 21.5. The maximum atomic E-state index is 17.6. The Bertz CT molecular complexity index is 4890. The molecule has 3 aromatic rings. The Morgan fingerprint density at radius 1 is 0.474 bits per heavy atom. The van der Waals surface area contributed by atoms with Crippen molar-refractivity contribution in [2.75, 3.05) is 52.2 Å². The summed E-state index contributed by atoms with van der Waals surface area (Å²) in [6.45, 7) is 12.9. The van der Waals surface area contributed by atoms with Crippen molar-refractivity contribution in [2.45, 2.75) is 183 Å². The highest BCUT2D eigenvalue weighted by Gasteiger charge is 2.84. The van der Waals surface area contributed by atoms with E-state index in [2.05, 4.69) is 15.9 Å². The van der Waals surface area contributed by atoms with Crippen molar-refractivity contribution in [3.8, 4) is 0 Å². The third-order valence-electron chi connectivity index (χ3n) is 31.4. The number of hydroxylamine groups is 3. The molecule has 12 fully saturated rings. The third kappa shape index (κ3) is 11.0. The monoisotopic (exact) mass is 1720 g/mol. The molecule has 0 radical (unpaired) electrons. The van der Waals surface area contributed by atoms with E-state index in [4.69, 9.17) is 49.3 Å². The van der Waals surface area contributed by atoms with Crippen LogP contribution in [0.2, 0.25) is 15.1 Å². The molecular formula is C86H93BrCl3F6N3O14S. The highest BCUT2D eigenvalue weighted by molar-refractivity contribution is 9.09. The standard InChI is InChI=1S/C30H34ClF2NO6S.C28H29BrClF2NO4.C28H30ClF2NO4/c1-27-10-8-20(35)13-23(27)24(32)14-22-21-12-17-16-34(19-6-4-18(31)5-7-19)40-30(17,25(36)9-11-41(3,38)39)28(21,2)15-26(37)29(22,27)33;1-25-8-7-18(34)10-21(25)22(31)11-20-19-9-15-14-33(17-5-3-16(30)4-6-17)37-28(15,24(36)13-29)26(19,2)12-23(35)27(20,25)32;1-15(33)28-16(14-32(36-28)18-6-4-17(29)5-7-18)10-20-21-12-23(30)22-11-19(34)8-9-25(22,2)27(21,31)24(35)13-26(20,28)3/h4-8,10,13,17,21-22,24,26,37H,9,11-12,14-16H2,1-3H3;3-8,10,15,19-20,22-23,35H,9,11-14H2,1-2H3;4-9,11,16,20-21,23-24,35H,10,12-14H2,1-3H3/t17-,21-,22-,24-,26-,27-,28-,29-,30-;15-,19-,20-,22-,23-,25-,26-,27-,28-;16-,20-,21-,23-,24-,25-,26-,27-,28+/m000/s1. The van der Waals surface area contributed by atoms with Gasteiger partial charge in [0.15, 0.2) is 68.5 Å². The number of fused-ring (bicyclic) bond motifs is 21. The van der Waals surface area contributed by atoms with E-state index in [0.717, 1.165) is 23.7 Å². The number of aliphatic hydroxyl groups excluding tert-OH is 3. The molecule has 9 saturated carbocycles. The van der Waals surface area contributed by atoms with Crippen LogP contribution >= 0.6 is 50.7 Å². The summed E-state index contributed by atoms with van der Waals surface area (Å²) in [5.41, 5.74) is -15.8. The molecule has 0 amide bonds. The van der Waals surface area contributed by atoms with Crippen molar-refractivity contribution in [3.05, 3.63) is 159 Å². The fourth-order valence-electron chi connectivity index (χ4n) is 26.2. The molecule has 3 heterocycles. The lowest BCUT2D eigenvalue weighted by atomic mass is 9.44. The van der Waals surface area contributed by atoms with Crippen molar-refractivity contribution in [2.24, 2.45) is 85.8 Å². The topological polar surface area (TPSA) is 235 Å². The van der Waals surface area contributed by atoms with Crippen molar-refractivity contribution >= 4 is 112 Å². The van der Waals surface area contributed by atoms with Gasteiger partial charge in [0, 0.05) is 95.7 Å². The van der Waals surface area contributed by atoms with E-state index >= 15 is 26.3 Å². The first-order valence-corrected chi connectivity index (χ1v) is 43.6. The Kier molecular flexibility index (Phi) is 19.6. The fraction of sp³-hybridized carbons (Fsp3) is 0.581. The molecule has 17 nitrogen and oxygen atoms in total. The van der Waals surface area contributed by atoms with Crippen LogP contribution in [0.3, 0.4) is 0 Å². The average Bonchev–Trinajstić information content (AvgIpc) is 1.42. The van der Waals surface area contributed by atoms with Gasteiger partial charge in [-0.05, 0) is 229 Å². The van der Waals surface area contributed by atoms with E-state index in [9.17, 15) is 52.5 Å². The zero-order chi connectivity index (χ0) is 82.1. The van der Waals surface area contributed by atoms with E-state index in [-0.39, 0.29) is 120 Å². The number of carbonyl (C=O) groups is 6. The highest BCUT2D eigenvalue weighted by atomic mass is 79.9. The number of ketones is 6. The summed E-state index contributed by atoms with van der Waals surface area (Å²) in [5.74, 6) is -7.26. The van der Waals surface area contributed by atoms with Crippen LogP contribution in [-0.2, 0) is 53.1 Å². The van der Waals surface area contributed by atoms with Crippen molar-refractivity contribution in [1.29, 1.82) is 0 Å². The zero-order valence-electron chi connectivity index (χ0n) is 64.3. The molecular weight excluding hydrogens is 1630 g/mol. The molecule has 15 aliphatic rings. The number of alkyl halides is 7. The number of anilines is 3. The third-order valence-corrected chi connectivity index (χ3v) is 33.6. The molecule has 0 bridgehead atoms. The second kappa shape index (κ2) is 27.3. The van der Waals surface area contributed by atoms with E-state index in [1.807, 2.05) is 38.1 Å². The van der Waals surface area contributed by atoms with Crippen LogP contribution in [0.1, 0.15) is 113 Å². The van der Waals surface area contributed by atoms with Gasteiger partial charge in [-0.2, -0.15) is 0 Å². The summed E-state index contributed by atoms with van der Waals surface area (Å²) in [4.78, 5) is 97.1. The molecule has 12 aliphatic carbocycles. The van der Waals surface area contributed by atoms with Gasteiger partial charge in [-0.3, -0.25) is 58.5 Å². The lowest BCUT2D eigenvalue weighted by Crippen LogP contribution is -2.70. The van der Waals surface area contributed by atoms with Gasteiger partial charge < -0.3 is 15.3 Å². The number of benzene rings is 3. The van der Waals surface area contributed by atoms with Gasteiger partial charge in [0.25, 0.3) is 0 Å². The molecule has 3 N–H and O–H groups in total. The van der Waals surface area contributed by atoms with Crippen LogP contribution in [0.4, 0.5) is 43.4 Å². The van der Waals surface area contributed by atoms with E-state index < -0.39 is 160 Å². The van der Waals surface area contributed by atoms with E-state index in [0.29, 0.717) is 53.1 Å². The predicted octanol–water partition coefficient (Wildman–Crippen LogP) is 14.7. The Morgan fingerprint density at radius 2 is 0.754 bits per heavy atom. The number of allylic oxidation sites excluding steroid dienone is 12. The normalized spacial score (nSPS) is 45.4. The Labute approximate surface area is 681 Å². The van der Waals surface area contributed by atoms with E-state index in [1.54, 1.807) is 84.5 Å². The molecule has 114 heavy (non-hydrogen) atoms. The number of sulfone groups is 1. The summed E-state index contributed by atoms with van der Waals surface area (Å²) in [7, 11) is -3.48. The Balaban J connectivity index is 0.000000129. The summed E-state index contributed by atoms with van der Waals surface area (Å²) in [5, 5.41) is 41.5. The molecule has 27 atom stereocenters. The smallest absolute Gasteiger partial charge is 0.178 e. The van der Waals surface area contributed by atoms with Crippen LogP contribution in [0, 0.1) is 85.8 Å². The van der Waals surface area contributed by atoms with Crippen LogP contribution in [0.25, 0.3) is 0 Å². The molecule has 3 aliphatic heterocycles. The van der Waals surface area contributed by atoms with Crippen molar-refractivity contribution < 1.29 is 93.4 Å². The quantitative estimate of drug-likeness (QED) is 0.126. The molecule has 0 spiro atoms. The first kappa shape index (κ1) is 81.9. The van der Waals surface area contributed by atoms with Crippen LogP contribution in [-0.4, -0.2) is 166 Å². The second-order valence-corrected chi connectivity index (χ2v) is 40.5. The molecule has 612 valence electrons. The van der Waals surface area contributed by atoms with Gasteiger partial charge >= 0.3 is 0 Å². The van der Waals surface area contributed by atoms with Gasteiger partial charge in [0.2, 0.25) is 0 Å². The van der Waals surface area contributed by atoms with Gasteiger partial charge in [-0.1, -0.05) is 89.7 Å². The van der Waals surface area contributed by atoms with Gasteiger partial charge in [-0.15, -0.1) is 0 Å². The molecule has 18 rings (SSSR count). The number of hydrogen-bond donors (Lipinski definition) is 3. The zero-order valence-corrected chi connectivity index (χ0v) is 68.9. The first-order valence-electron chi connectivity index (χ1n) is 39.2. The minimum Gasteiger partial charge on any atom is -0.390 e. The predicted molar refractivity (Wildman–Crippen MR) is 419 cm³/mol. The maximum absolute atomic E-state index is 17.6. The molecule has 3 aromatic carbocycles. The molecule has 0 unspecified atom stereocenters. The Morgan fingerprint density at radius 3 is 1.04 bits per heavy atom. The lowest BCUT2D eigenvalue weighted by Gasteiger charge is -2.63. The minimum absolute atomic E-state index is 0.00316. The fourth-order valence-corrected chi connectivity index (χ4v) is 27.6. The van der Waals surface area contributed by atoms with Gasteiger partial charge in [0.05, 0.1) is 66.1 Å². The number of aliphatic hydroxyl groups is 3. The average molecular weight is 1730 g/mol. The summed E-state index contributed by atoms with van der Waals surface area (Å²) < 4.78 is 124. The van der Waals surface area contributed by atoms with Crippen molar-refractivity contribution in [1.82, 2.24) is 0 Å². The summed E-state index contributed by atoms with van der Waals surface area (Å²) in [6.07, 6.45) is 3.73. The molecule has 0 aromatic heterocycles. The minimum atomic E-state index is -3.48. The number of halogens is 10. The molecule has 3 saturated heterocycles. The second-order valence-electron chi connectivity index (χ2n) is 36.4. The number of Topliss-reactive ketones (excluding diaryl/α,β-unsaturated/α-hetero) is 3. The summed E-state index contributed by atoms with van der Waals surface area (Å²) in [6, 6.07) is 21.1. The van der Waals surface area contributed by atoms with Crippen LogP contribution in [0.15, 0.2) is 144 Å². The van der Waals surface area contributed by atoms with Gasteiger partial charge in [-0.25, -0.2) is 34.8 Å². The largest absolute Gasteiger partial charge is 0.390 e. The molecule has 28 heteroatoms. The highest BCUT2D eigenvalue weighted by Crippen LogP contribution is 2.77. The van der Waals surface area contributed by atoms with Crippen LogP contribution < -0.4 is 15.2 Å².